The second kappa shape index (κ2) is 3.55. The van der Waals surface area contributed by atoms with E-state index in [9.17, 15) is 0 Å². The highest BCUT2D eigenvalue weighted by atomic mass is 16.3. The summed E-state index contributed by atoms with van der Waals surface area (Å²) in [5.74, 6) is 1.06. The summed E-state index contributed by atoms with van der Waals surface area (Å²) in [6.07, 6.45) is 3.45. The Morgan fingerprint density at radius 2 is 2.36 bits per heavy atom. The maximum atomic E-state index is 8.82. The number of aliphatic hydroxyl groups excluding tert-OH is 1. The van der Waals surface area contributed by atoms with Crippen molar-refractivity contribution in [1.82, 2.24) is 20.2 Å². The number of nitrogens with zero attached hydrogens (tertiary/aromatic N) is 3. The molecule has 0 saturated heterocycles. The molecule has 5 heteroatoms. The molecule has 0 radical (unpaired) electrons. The quantitative estimate of drug-likeness (QED) is 0.729. The van der Waals surface area contributed by atoms with Gasteiger partial charge in [0.2, 0.25) is 0 Å². The topological polar surface area (TPSA) is 74.7 Å². The van der Waals surface area contributed by atoms with Crippen molar-refractivity contribution in [2.75, 3.05) is 0 Å². The first-order chi connectivity index (χ1) is 6.81. The fourth-order valence-electron chi connectivity index (χ4n) is 1.21. The van der Waals surface area contributed by atoms with Crippen LogP contribution in [0.1, 0.15) is 11.4 Å². The minimum atomic E-state index is -0.128. The van der Waals surface area contributed by atoms with E-state index >= 15 is 0 Å². The Hall–Kier alpha value is -1.75. The van der Waals surface area contributed by atoms with Crippen molar-refractivity contribution in [1.29, 1.82) is 0 Å². The average molecular weight is 190 g/mol. The molecule has 0 fully saturated rings. The second-order valence-electron chi connectivity index (χ2n) is 2.95. The first-order valence-electron chi connectivity index (χ1n) is 4.24. The standard InChI is InChI=1S/C9H10N4O/c1-6-4-10-3-2-7(6)9-11-8(5-14)12-13-9/h2-4,14H,5H2,1H3,(H,11,12,13). The molecule has 2 aromatic rings. The van der Waals surface area contributed by atoms with E-state index in [-0.39, 0.29) is 6.61 Å². The second-order valence-corrected chi connectivity index (χ2v) is 2.95. The minimum absolute atomic E-state index is 0.128. The van der Waals surface area contributed by atoms with E-state index in [0.717, 1.165) is 11.1 Å². The van der Waals surface area contributed by atoms with Crippen LogP contribution in [-0.2, 0) is 6.61 Å². The van der Waals surface area contributed by atoms with Gasteiger partial charge in [-0.1, -0.05) is 0 Å². The number of aromatic nitrogens is 4. The SMILES string of the molecule is Cc1cnccc1-c1n[nH]c(CO)n1. The highest BCUT2D eigenvalue weighted by Gasteiger charge is 2.06. The van der Waals surface area contributed by atoms with Crippen LogP contribution in [0.2, 0.25) is 0 Å². The Morgan fingerprint density at radius 1 is 1.50 bits per heavy atom. The van der Waals surface area contributed by atoms with Crippen molar-refractivity contribution in [3.05, 3.63) is 29.8 Å². The van der Waals surface area contributed by atoms with Crippen molar-refractivity contribution in [2.24, 2.45) is 0 Å². The molecule has 5 nitrogen and oxygen atoms in total. The van der Waals surface area contributed by atoms with Gasteiger partial charge in [0.05, 0.1) is 0 Å². The Bertz CT molecular complexity index is 438. The molecule has 0 aliphatic heterocycles. The number of H-pyrrole nitrogens is 1. The van der Waals surface area contributed by atoms with Crippen LogP contribution in [0.5, 0.6) is 0 Å². The van der Waals surface area contributed by atoms with Crippen LogP contribution in [0.4, 0.5) is 0 Å². The minimum Gasteiger partial charge on any atom is -0.388 e. The molecular formula is C9H10N4O. The van der Waals surface area contributed by atoms with Crippen molar-refractivity contribution in [2.45, 2.75) is 13.5 Å². The molecule has 0 unspecified atom stereocenters. The molecule has 2 heterocycles. The molecule has 0 aliphatic carbocycles. The van der Waals surface area contributed by atoms with Crippen LogP contribution in [0, 0.1) is 6.92 Å². The summed E-state index contributed by atoms with van der Waals surface area (Å²) in [6.45, 7) is 1.81. The molecule has 0 saturated carbocycles. The van der Waals surface area contributed by atoms with Gasteiger partial charge in [-0.05, 0) is 18.6 Å². The van der Waals surface area contributed by atoms with Gasteiger partial charge in [-0.25, -0.2) is 4.98 Å². The Morgan fingerprint density at radius 3 is 3.00 bits per heavy atom. The lowest BCUT2D eigenvalue weighted by atomic mass is 10.1. The number of aromatic amines is 1. The predicted molar refractivity (Wildman–Crippen MR) is 50.3 cm³/mol. The molecule has 0 bridgehead atoms. The molecule has 14 heavy (non-hydrogen) atoms. The van der Waals surface area contributed by atoms with Crippen LogP contribution >= 0.6 is 0 Å². The molecule has 0 amide bonds. The van der Waals surface area contributed by atoms with Gasteiger partial charge < -0.3 is 5.11 Å². The Kier molecular flexibility index (Phi) is 2.24. The maximum Gasteiger partial charge on any atom is 0.181 e. The van der Waals surface area contributed by atoms with Gasteiger partial charge in [0.15, 0.2) is 11.6 Å². The van der Waals surface area contributed by atoms with Crippen molar-refractivity contribution in [3.63, 3.8) is 0 Å². The van der Waals surface area contributed by atoms with Crippen molar-refractivity contribution < 1.29 is 5.11 Å². The average Bonchev–Trinajstić information content (AvgIpc) is 2.67. The number of hydrogen-bond donors (Lipinski definition) is 2. The van der Waals surface area contributed by atoms with Gasteiger partial charge in [-0.2, -0.15) is 5.10 Å². The van der Waals surface area contributed by atoms with Gasteiger partial charge in [-0.3, -0.25) is 10.1 Å². The molecule has 0 aliphatic rings. The largest absolute Gasteiger partial charge is 0.388 e. The number of pyridine rings is 1. The van der Waals surface area contributed by atoms with Crippen LogP contribution < -0.4 is 0 Å². The van der Waals surface area contributed by atoms with E-state index in [1.165, 1.54) is 0 Å². The highest BCUT2D eigenvalue weighted by Crippen LogP contribution is 2.17. The number of hydrogen-bond acceptors (Lipinski definition) is 4. The summed E-state index contributed by atoms with van der Waals surface area (Å²) in [4.78, 5) is 8.10. The Balaban J connectivity index is 2.44. The zero-order valence-corrected chi connectivity index (χ0v) is 7.73. The number of aryl methyl sites for hydroxylation is 1. The van der Waals surface area contributed by atoms with Gasteiger partial charge in [0, 0.05) is 18.0 Å². The van der Waals surface area contributed by atoms with Crippen LogP contribution in [0.15, 0.2) is 18.5 Å². The highest BCUT2D eigenvalue weighted by molar-refractivity contribution is 5.58. The molecule has 0 atom stereocenters. The van der Waals surface area contributed by atoms with Gasteiger partial charge in [0.25, 0.3) is 0 Å². The van der Waals surface area contributed by atoms with E-state index in [2.05, 4.69) is 20.2 Å². The lowest BCUT2D eigenvalue weighted by molar-refractivity contribution is 0.272. The third-order valence-corrected chi connectivity index (χ3v) is 1.94. The normalized spacial score (nSPS) is 10.4. The van der Waals surface area contributed by atoms with Crippen LogP contribution in [0.25, 0.3) is 11.4 Å². The summed E-state index contributed by atoms with van der Waals surface area (Å²) >= 11 is 0. The number of aliphatic hydroxyl groups is 1. The van der Waals surface area contributed by atoms with Crippen molar-refractivity contribution in [3.8, 4) is 11.4 Å². The number of nitrogens with one attached hydrogen (secondary N) is 1. The molecule has 2 aromatic heterocycles. The van der Waals surface area contributed by atoms with E-state index in [1.54, 1.807) is 12.4 Å². The molecular weight excluding hydrogens is 180 g/mol. The third kappa shape index (κ3) is 1.49. The smallest absolute Gasteiger partial charge is 0.181 e. The first kappa shape index (κ1) is 8.83. The van der Waals surface area contributed by atoms with Crippen LogP contribution in [-0.4, -0.2) is 25.3 Å². The maximum absolute atomic E-state index is 8.82. The Labute approximate surface area is 80.8 Å². The lowest BCUT2D eigenvalue weighted by Crippen LogP contribution is -1.87. The summed E-state index contributed by atoms with van der Waals surface area (Å²) < 4.78 is 0. The zero-order chi connectivity index (χ0) is 9.97. The molecule has 72 valence electrons. The van der Waals surface area contributed by atoms with Crippen molar-refractivity contribution >= 4 is 0 Å². The van der Waals surface area contributed by atoms with Gasteiger partial charge >= 0.3 is 0 Å². The first-order valence-corrected chi connectivity index (χ1v) is 4.24. The summed E-state index contributed by atoms with van der Waals surface area (Å²) in [5.41, 5.74) is 1.94. The summed E-state index contributed by atoms with van der Waals surface area (Å²) in [6, 6.07) is 1.85. The predicted octanol–water partition coefficient (Wildman–Crippen LogP) is 0.667. The molecule has 2 rings (SSSR count). The molecule has 2 N–H and O–H groups in total. The number of rotatable bonds is 2. The fraction of sp³-hybridized carbons (Fsp3) is 0.222. The van der Waals surface area contributed by atoms with E-state index in [1.807, 2.05) is 13.0 Å². The zero-order valence-electron chi connectivity index (χ0n) is 7.73. The van der Waals surface area contributed by atoms with Gasteiger partial charge in [0.1, 0.15) is 6.61 Å². The van der Waals surface area contributed by atoms with Crippen LogP contribution in [0.3, 0.4) is 0 Å². The molecule has 0 aromatic carbocycles. The molecule has 0 spiro atoms. The van der Waals surface area contributed by atoms with Gasteiger partial charge in [-0.15, -0.1) is 0 Å². The summed E-state index contributed by atoms with van der Waals surface area (Å²) in [5, 5.41) is 15.5. The van der Waals surface area contributed by atoms with E-state index in [4.69, 9.17) is 5.11 Å². The summed E-state index contributed by atoms with van der Waals surface area (Å²) in [7, 11) is 0. The third-order valence-electron chi connectivity index (χ3n) is 1.94. The van der Waals surface area contributed by atoms with E-state index in [0.29, 0.717) is 11.6 Å². The monoisotopic (exact) mass is 190 g/mol. The van der Waals surface area contributed by atoms with E-state index < -0.39 is 0 Å². The lowest BCUT2D eigenvalue weighted by Gasteiger charge is -1.97. The fourth-order valence-corrected chi connectivity index (χ4v) is 1.21.